The molecule has 0 unspecified atom stereocenters. The van der Waals surface area contributed by atoms with Crippen molar-refractivity contribution in [3.05, 3.63) is 168 Å². The van der Waals surface area contributed by atoms with Crippen LogP contribution in [0.15, 0.2) is 132 Å². The Labute approximate surface area is 389 Å². The van der Waals surface area contributed by atoms with Crippen LogP contribution in [0.25, 0.3) is 72.7 Å². The molecular weight excluding hydrogens is 956 g/mol. The fourth-order valence-corrected chi connectivity index (χ4v) is 8.65. The summed E-state index contributed by atoms with van der Waals surface area (Å²) >= 11 is 0. The van der Waals surface area contributed by atoms with E-state index in [1.54, 1.807) is 12.1 Å². The second-order valence-corrected chi connectivity index (χ2v) is 17.8. The van der Waals surface area contributed by atoms with Crippen LogP contribution in [-0.4, -0.2) is 19.5 Å². The summed E-state index contributed by atoms with van der Waals surface area (Å²) in [5, 5.41) is 1.96. The molecule has 1 fully saturated rings. The minimum Gasteiger partial charge on any atom is -0.486 e. The number of nitrogens with zero attached hydrogens (tertiary/aromatic N) is 4. The van der Waals surface area contributed by atoms with Crippen LogP contribution in [0.2, 0.25) is 0 Å². The normalized spacial score (nSPS) is 15.6. The standard InChI is InChI=1S/C44H44N3O.C12H9FN.Ir/c1-27(2)32-11-9-12-33(28(3)4)40(32)47-39-16-8-7-15-38(39)45-42(47)36-14-10-13-34-35-21-22-37(46-43(35)48-41(34)36)31-19-17-29(18-20-31)30-23-25-44(5,6)26-24-30;1-9-2-7-12(14-8-9)10-3-5-11(13)6-4-10;/h7-13,15-22,27-28,30H,23-26H2,1-6H3;2-3,5-8H,1H3;/q2*-1;/i30D;1D3;. The van der Waals surface area contributed by atoms with Crippen molar-refractivity contribution >= 4 is 33.1 Å². The molecule has 5 nitrogen and oxygen atoms in total. The van der Waals surface area contributed by atoms with Crippen LogP contribution < -0.4 is 0 Å². The SMILES string of the molecule is [2H]C([2H])([2H])c1ccc(-c2[c-]cc(F)cc2)nc1.[2H]C1(c2ccc(-c3ccc4c(n3)oc3c(-c5nc6ccccc6n5-c5c(C(C)C)cccc5C(C)C)[c-]ccc34)cc2)CCC(C)(C)CC1.[Ir]. The first kappa shape index (κ1) is 38.9. The maximum absolute atomic E-state index is 12.7. The van der Waals surface area contributed by atoms with E-state index < -0.39 is 12.7 Å². The third-order valence-corrected chi connectivity index (χ3v) is 12.3. The zero-order chi connectivity index (χ0) is 46.5. The number of para-hydroxylation sites is 3. The van der Waals surface area contributed by atoms with Crippen molar-refractivity contribution in [2.24, 2.45) is 5.41 Å². The number of furan rings is 1. The van der Waals surface area contributed by atoms with Gasteiger partial charge in [-0.15, -0.1) is 48.0 Å². The Hall–Kier alpha value is -5.75. The summed E-state index contributed by atoms with van der Waals surface area (Å²) in [4.78, 5) is 14.3. The minimum absolute atomic E-state index is 0. The summed E-state index contributed by atoms with van der Waals surface area (Å²) < 4.78 is 52.5. The Morgan fingerprint density at radius 1 is 0.794 bits per heavy atom. The molecule has 63 heavy (non-hydrogen) atoms. The van der Waals surface area contributed by atoms with E-state index >= 15 is 0 Å². The van der Waals surface area contributed by atoms with E-state index in [9.17, 15) is 5.76 Å². The third kappa shape index (κ3) is 8.92. The zero-order valence-electron chi connectivity index (χ0n) is 40.5. The molecule has 0 aliphatic heterocycles. The predicted octanol–water partition coefficient (Wildman–Crippen LogP) is 15.4. The van der Waals surface area contributed by atoms with Crippen molar-refractivity contribution in [2.75, 3.05) is 0 Å². The van der Waals surface area contributed by atoms with Gasteiger partial charge in [-0.1, -0.05) is 119 Å². The fourth-order valence-electron chi connectivity index (χ4n) is 8.65. The van der Waals surface area contributed by atoms with Gasteiger partial charge in [0.2, 0.25) is 5.71 Å². The largest absolute Gasteiger partial charge is 0.486 e. The van der Waals surface area contributed by atoms with Crippen LogP contribution in [0.1, 0.15) is 113 Å². The average molecular weight is 1010 g/mol. The molecule has 0 saturated heterocycles. The van der Waals surface area contributed by atoms with Gasteiger partial charge in [0.1, 0.15) is 0 Å². The first-order valence-electron chi connectivity index (χ1n) is 23.6. The van der Waals surface area contributed by atoms with E-state index in [2.05, 4.69) is 142 Å². The fraction of sp³-hybridized carbons (Fsp3) is 0.268. The van der Waals surface area contributed by atoms with E-state index in [0.717, 1.165) is 81.3 Å². The van der Waals surface area contributed by atoms with Crippen molar-refractivity contribution in [2.45, 2.75) is 91.8 Å². The van der Waals surface area contributed by atoms with Crippen LogP contribution in [-0.2, 0) is 20.1 Å². The third-order valence-electron chi connectivity index (χ3n) is 12.3. The van der Waals surface area contributed by atoms with Crippen LogP contribution in [0.5, 0.6) is 0 Å². The van der Waals surface area contributed by atoms with Gasteiger partial charge in [0, 0.05) is 54.2 Å². The molecule has 0 atom stereocenters. The number of rotatable bonds is 7. The topological polar surface area (TPSA) is 56.7 Å². The van der Waals surface area contributed by atoms with Gasteiger partial charge in [-0.3, -0.25) is 9.37 Å². The molecule has 1 radical (unpaired) electrons. The Kier molecular flexibility index (Phi) is 11.2. The molecule has 10 rings (SSSR count). The van der Waals surface area contributed by atoms with Crippen molar-refractivity contribution in [3.8, 4) is 39.6 Å². The molecule has 0 N–H and O–H groups in total. The smallest absolute Gasteiger partial charge is 0.216 e. The van der Waals surface area contributed by atoms with Gasteiger partial charge < -0.3 is 14.0 Å². The number of pyridine rings is 2. The molecule has 4 heterocycles. The zero-order valence-corrected chi connectivity index (χ0v) is 38.9. The maximum Gasteiger partial charge on any atom is 0.216 e. The molecule has 0 bridgehead atoms. The summed E-state index contributed by atoms with van der Waals surface area (Å²) in [6.07, 6.45) is 5.28. The molecule has 7 heteroatoms. The molecule has 0 spiro atoms. The molecule has 0 amide bonds. The first-order chi connectivity index (χ1) is 31.5. The summed E-state index contributed by atoms with van der Waals surface area (Å²) in [5.41, 5.74) is 12.6. The summed E-state index contributed by atoms with van der Waals surface area (Å²) in [7, 11) is 0. The van der Waals surface area contributed by atoms with Gasteiger partial charge >= 0.3 is 0 Å². The van der Waals surface area contributed by atoms with E-state index in [1.165, 1.54) is 41.2 Å². The minimum atomic E-state index is -2.15. The van der Waals surface area contributed by atoms with E-state index in [4.69, 9.17) is 18.5 Å². The van der Waals surface area contributed by atoms with Crippen molar-refractivity contribution in [1.29, 1.82) is 0 Å². The summed E-state index contributed by atoms with van der Waals surface area (Å²) in [6, 6.07) is 45.2. The van der Waals surface area contributed by atoms with E-state index in [1.807, 2.05) is 12.1 Å². The molecule has 1 aliphatic carbocycles. The number of hydrogen-bond acceptors (Lipinski definition) is 4. The number of hydrogen-bond donors (Lipinski definition) is 0. The van der Waals surface area contributed by atoms with Gasteiger partial charge in [-0.25, -0.2) is 4.98 Å². The molecule has 5 aromatic carbocycles. The number of fused-ring (bicyclic) bond motifs is 4. The van der Waals surface area contributed by atoms with Crippen LogP contribution >= 0.6 is 0 Å². The van der Waals surface area contributed by atoms with Gasteiger partial charge in [0.05, 0.1) is 28.1 Å². The van der Waals surface area contributed by atoms with Gasteiger partial charge in [0.15, 0.2) is 0 Å². The maximum atomic E-state index is 12.7. The number of benzene rings is 5. The first-order valence-corrected chi connectivity index (χ1v) is 21.6. The molecule has 1 aliphatic rings. The van der Waals surface area contributed by atoms with Crippen molar-refractivity contribution < 1.29 is 34.4 Å². The Balaban J connectivity index is 0.000000285. The average Bonchev–Trinajstić information content (AvgIpc) is 3.88. The van der Waals surface area contributed by atoms with Gasteiger partial charge in [0.25, 0.3) is 0 Å². The number of aryl methyl sites for hydroxylation is 1. The Morgan fingerprint density at radius 3 is 2.19 bits per heavy atom. The molecule has 9 aromatic rings. The number of aromatic nitrogens is 4. The van der Waals surface area contributed by atoms with Crippen molar-refractivity contribution in [3.63, 3.8) is 0 Å². The van der Waals surface area contributed by atoms with Crippen LogP contribution in [0.3, 0.4) is 0 Å². The van der Waals surface area contributed by atoms with Gasteiger partial charge in [-0.05, 0) is 108 Å². The quantitative estimate of drug-likeness (QED) is 0.149. The molecular formula is C56H53FIrN4O-2. The van der Waals surface area contributed by atoms with Crippen molar-refractivity contribution in [1.82, 2.24) is 19.5 Å². The Bertz CT molecular complexity index is 3160. The Morgan fingerprint density at radius 2 is 1.52 bits per heavy atom. The summed E-state index contributed by atoms with van der Waals surface area (Å²) in [5.74, 6) is 0.581. The van der Waals surface area contributed by atoms with Crippen LogP contribution in [0.4, 0.5) is 4.39 Å². The molecule has 321 valence electrons. The monoisotopic (exact) mass is 1010 g/mol. The second-order valence-electron chi connectivity index (χ2n) is 17.8. The number of imidazole rings is 1. The molecule has 1 saturated carbocycles. The van der Waals surface area contributed by atoms with E-state index in [-0.39, 0.29) is 31.5 Å². The molecule has 4 aromatic heterocycles. The van der Waals surface area contributed by atoms with Gasteiger partial charge in [-0.2, -0.15) is 0 Å². The van der Waals surface area contributed by atoms with E-state index in [0.29, 0.717) is 34.2 Å². The second kappa shape index (κ2) is 18.2. The van der Waals surface area contributed by atoms with Crippen LogP contribution in [0, 0.1) is 30.2 Å². The summed E-state index contributed by atoms with van der Waals surface area (Å²) in [6.45, 7) is 11.5. The predicted molar refractivity (Wildman–Crippen MR) is 252 cm³/mol. The number of halogens is 1.